The highest BCUT2D eigenvalue weighted by atomic mass is 32.2. The quantitative estimate of drug-likeness (QED) is 0.540. The molecule has 3 amide bonds. The van der Waals surface area contributed by atoms with E-state index in [1.54, 1.807) is 43.5 Å². The number of ketones is 1. The molecule has 1 aromatic heterocycles. The van der Waals surface area contributed by atoms with E-state index >= 15 is 0 Å². The number of urea groups is 1. The Balaban J connectivity index is 1.54. The molecule has 1 unspecified atom stereocenters. The van der Waals surface area contributed by atoms with Crippen LogP contribution in [0.4, 0.5) is 10.5 Å². The Morgan fingerprint density at radius 2 is 2.03 bits per heavy atom. The van der Waals surface area contributed by atoms with Gasteiger partial charge in [0.05, 0.1) is 18.0 Å². The zero-order chi connectivity index (χ0) is 21.7. The molecular weight excluding hydrogens is 426 g/mol. The van der Waals surface area contributed by atoms with E-state index in [1.165, 1.54) is 15.6 Å². The van der Waals surface area contributed by atoms with Crippen LogP contribution in [0.15, 0.2) is 35.0 Å². The monoisotopic (exact) mass is 447 g/mol. The maximum atomic E-state index is 12.9. The molecule has 2 aliphatic rings. The minimum Gasteiger partial charge on any atom is -0.319 e. The maximum Gasteiger partial charge on any atom is 0.325 e. The SMILES string of the molecule is CCS(=O)(=O)N1CCc2cc(C(=O)CN3C(=O)NC(C)(c4ccsc4)C3=O)ccc21. The van der Waals surface area contributed by atoms with E-state index in [4.69, 9.17) is 0 Å². The molecule has 1 N–H and O–H groups in total. The molecule has 4 rings (SSSR count). The summed E-state index contributed by atoms with van der Waals surface area (Å²) in [4.78, 5) is 39.1. The van der Waals surface area contributed by atoms with Crippen LogP contribution in [-0.4, -0.2) is 49.9 Å². The van der Waals surface area contributed by atoms with Gasteiger partial charge in [-0.25, -0.2) is 13.2 Å². The van der Waals surface area contributed by atoms with E-state index in [9.17, 15) is 22.8 Å². The van der Waals surface area contributed by atoms with Crippen LogP contribution in [0.1, 0.15) is 35.3 Å². The molecule has 0 spiro atoms. The Kier molecular flexibility index (Phi) is 4.94. The molecular formula is C20H21N3O5S2. The molecule has 1 fully saturated rings. The average Bonchev–Trinajstić information content (AvgIpc) is 3.44. The smallest absolute Gasteiger partial charge is 0.319 e. The number of carbonyl (C=O) groups is 3. The zero-order valence-electron chi connectivity index (χ0n) is 16.5. The first-order chi connectivity index (χ1) is 14.2. The fraction of sp³-hybridized carbons (Fsp3) is 0.350. The van der Waals surface area contributed by atoms with Crippen LogP contribution in [0, 0.1) is 0 Å². The van der Waals surface area contributed by atoms with E-state index in [1.807, 2.05) is 5.38 Å². The van der Waals surface area contributed by atoms with Crippen LogP contribution in [0.2, 0.25) is 0 Å². The number of anilines is 1. The predicted molar refractivity (Wildman–Crippen MR) is 113 cm³/mol. The molecule has 10 heteroatoms. The number of carbonyl (C=O) groups excluding carboxylic acids is 3. The molecule has 3 heterocycles. The van der Waals surface area contributed by atoms with Crippen LogP contribution < -0.4 is 9.62 Å². The number of Topliss-reactive ketones (excluding diaryl/α,β-unsaturated/α-hetero) is 1. The number of hydrogen-bond donors (Lipinski definition) is 1. The number of thiophene rings is 1. The van der Waals surface area contributed by atoms with E-state index in [2.05, 4.69) is 5.32 Å². The third-order valence-corrected chi connectivity index (χ3v) is 8.09. The summed E-state index contributed by atoms with van der Waals surface area (Å²) in [6.45, 7) is 3.18. The van der Waals surface area contributed by atoms with Gasteiger partial charge in [0, 0.05) is 12.1 Å². The number of fused-ring (bicyclic) bond motifs is 1. The Morgan fingerprint density at radius 1 is 1.27 bits per heavy atom. The van der Waals surface area contributed by atoms with Gasteiger partial charge in [0.15, 0.2) is 5.78 Å². The highest BCUT2D eigenvalue weighted by Gasteiger charge is 2.49. The normalized spacial score (nSPS) is 21.1. The molecule has 2 aliphatic heterocycles. The van der Waals surface area contributed by atoms with Crippen LogP contribution in [0.25, 0.3) is 0 Å². The summed E-state index contributed by atoms with van der Waals surface area (Å²) in [6.07, 6.45) is 0.509. The molecule has 1 atom stereocenters. The maximum absolute atomic E-state index is 12.9. The molecule has 8 nitrogen and oxygen atoms in total. The van der Waals surface area contributed by atoms with Crippen LogP contribution >= 0.6 is 11.3 Å². The lowest BCUT2D eigenvalue weighted by atomic mass is 9.95. The minimum absolute atomic E-state index is 0.00219. The number of hydrogen-bond acceptors (Lipinski definition) is 6. The van der Waals surface area contributed by atoms with E-state index in [0.717, 1.165) is 10.5 Å². The summed E-state index contributed by atoms with van der Waals surface area (Å²) in [5.41, 5.74) is 1.17. The third-order valence-electron chi connectivity index (χ3n) is 5.63. The largest absolute Gasteiger partial charge is 0.325 e. The number of nitrogens with zero attached hydrogens (tertiary/aromatic N) is 2. The molecule has 0 saturated carbocycles. The van der Waals surface area contributed by atoms with Crippen molar-refractivity contribution in [1.82, 2.24) is 10.2 Å². The van der Waals surface area contributed by atoms with Gasteiger partial charge < -0.3 is 5.32 Å². The van der Waals surface area contributed by atoms with Crippen LogP contribution in [0.3, 0.4) is 0 Å². The topological polar surface area (TPSA) is 104 Å². The van der Waals surface area contributed by atoms with E-state index in [0.29, 0.717) is 29.8 Å². The fourth-order valence-corrected chi connectivity index (χ4v) is 5.73. The first-order valence-electron chi connectivity index (χ1n) is 9.50. The second-order valence-corrected chi connectivity index (χ2v) is 10.4. The Hall–Kier alpha value is -2.72. The zero-order valence-corrected chi connectivity index (χ0v) is 18.2. The van der Waals surface area contributed by atoms with Gasteiger partial charge in [-0.15, -0.1) is 0 Å². The third kappa shape index (κ3) is 3.20. The predicted octanol–water partition coefficient (Wildman–Crippen LogP) is 2.11. The number of sulfonamides is 1. The average molecular weight is 448 g/mol. The Bertz CT molecular complexity index is 1140. The first kappa shape index (κ1) is 20.5. The van der Waals surface area contributed by atoms with Crippen molar-refractivity contribution in [3.8, 4) is 0 Å². The van der Waals surface area contributed by atoms with Crippen molar-refractivity contribution in [1.29, 1.82) is 0 Å². The highest BCUT2D eigenvalue weighted by molar-refractivity contribution is 7.92. The van der Waals surface area contributed by atoms with Crippen molar-refractivity contribution in [3.63, 3.8) is 0 Å². The Morgan fingerprint density at radius 3 is 2.70 bits per heavy atom. The van der Waals surface area contributed by atoms with Gasteiger partial charge in [0.2, 0.25) is 10.0 Å². The highest BCUT2D eigenvalue weighted by Crippen LogP contribution is 2.33. The van der Waals surface area contributed by atoms with Crippen molar-refractivity contribution >= 4 is 44.8 Å². The second-order valence-electron chi connectivity index (χ2n) is 7.45. The molecule has 1 saturated heterocycles. The van der Waals surface area contributed by atoms with Gasteiger partial charge >= 0.3 is 6.03 Å². The van der Waals surface area contributed by atoms with E-state index < -0.39 is 27.5 Å². The number of nitrogens with one attached hydrogen (secondary N) is 1. The molecule has 2 aromatic rings. The van der Waals surface area contributed by atoms with Gasteiger partial charge in [-0.1, -0.05) is 0 Å². The van der Waals surface area contributed by atoms with Crippen LogP contribution in [0.5, 0.6) is 0 Å². The van der Waals surface area contributed by atoms with Gasteiger partial charge in [-0.3, -0.25) is 18.8 Å². The van der Waals surface area contributed by atoms with Gasteiger partial charge in [-0.05, 0) is 66.4 Å². The number of rotatable bonds is 6. The minimum atomic E-state index is -3.37. The Labute approximate surface area is 178 Å². The molecule has 1 aromatic carbocycles. The lowest BCUT2D eigenvalue weighted by Gasteiger charge is -2.20. The number of benzene rings is 1. The summed E-state index contributed by atoms with van der Waals surface area (Å²) >= 11 is 1.42. The lowest BCUT2D eigenvalue weighted by molar-refractivity contribution is -0.130. The van der Waals surface area contributed by atoms with Crippen molar-refractivity contribution in [3.05, 3.63) is 51.7 Å². The molecule has 0 aliphatic carbocycles. The van der Waals surface area contributed by atoms with Gasteiger partial charge in [0.25, 0.3) is 5.91 Å². The number of imide groups is 1. The summed E-state index contributed by atoms with van der Waals surface area (Å²) in [5, 5.41) is 6.29. The summed E-state index contributed by atoms with van der Waals surface area (Å²) < 4.78 is 25.8. The molecule has 158 valence electrons. The van der Waals surface area contributed by atoms with Crippen LogP contribution in [-0.2, 0) is 26.8 Å². The van der Waals surface area contributed by atoms with Crippen molar-refractivity contribution in [2.45, 2.75) is 25.8 Å². The fourth-order valence-electron chi connectivity index (χ4n) is 3.81. The molecule has 0 bridgehead atoms. The lowest BCUT2D eigenvalue weighted by Crippen LogP contribution is -2.41. The first-order valence-corrected chi connectivity index (χ1v) is 12.1. The summed E-state index contributed by atoms with van der Waals surface area (Å²) in [6, 6.07) is 5.97. The van der Waals surface area contributed by atoms with Crippen molar-refractivity contribution in [2.75, 3.05) is 23.1 Å². The standard InChI is InChI=1S/C20H21N3O5S2/c1-3-30(27,28)23-8-6-13-10-14(4-5-16(13)23)17(24)11-22-18(25)20(2,21-19(22)26)15-7-9-29-12-15/h4-5,7,9-10,12H,3,6,8,11H2,1-2H3,(H,21,26). The van der Waals surface area contributed by atoms with E-state index in [-0.39, 0.29) is 18.1 Å². The second kappa shape index (κ2) is 7.21. The number of amides is 3. The summed E-state index contributed by atoms with van der Waals surface area (Å²) in [5.74, 6) is -0.851. The van der Waals surface area contributed by atoms with Crippen molar-refractivity contribution < 1.29 is 22.8 Å². The van der Waals surface area contributed by atoms with Gasteiger partial charge in [0.1, 0.15) is 5.54 Å². The molecule has 30 heavy (non-hydrogen) atoms. The summed E-state index contributed by atoms with van der Waals surface area (Å²) in [7, 11) is -3.37. The van der Waals surface area contributed by atoms with Crippen molar-refractivity contribution in [2.24, 2.45) is 0 Å². The molecule has 0 radical (unpaired) electrons. The van der Waals surface area contributed by atoms with Gasteiger partial charge in [-0.2, -0.15) is 11.3 Å².